The summed E-state index contributed by atoms with van der Waals surface area (Å²) in [6, 6.07) is 5.10. The van der Waals surface area contributed by atoms with Gasteiger partial charge in [0.15, 0.2) is 0 Å². The van der Waals surface area contributed by atoms with Gasteiger partial charge in [0.2, 0.25) is 0 Å². The van der Waals surface area contributed by atoms with Crippen LogP contribution in [0.2, 0.25) is 0 Å². The van der Waals surface area contributed by atoms with Crippen molar-refractivity contribution in [2.24, 2.45) is 0 Å². The molecule has 0 fully saturated rings. The Morgan fingerprint density at radius 1 is 1.17 bits per heavy atom. The average molecular weight is 250 g/mol. The van der Waals surface area contributed by atoms with Gasteiger partial charge < -0.3 is 10.4 Å². The van der Waals surface area contributed by atoms with Gasteiger partial charge in [0.05, 0.1) is 18.5 Å². The van der Waals surface area contributed by atoms with Crippen molar-refractivity contribution in [2.45, 2.75) is 13.2 Å². The van der Waals surface area contributed by atoms with Gasteiger partial charge in [-0.2, -0.15) is 0 Å². The molecule has 18 heavy (non-hydrogen) atoms. The van der Waals surface area contributed by atoms with Crippen molar-refractivity contribution in [1.82, 2.24) is 4.98 Å². The van der Waals surface area contributed by atoms with Gasteiger partial charge in [0, 0.05) is 29.9 Å². The fourth-order valence-electron chi connectivity index (χ4n) is 1.58. The standard InChI is InChI=1S/C13H12F2N2O/c14-11-2-1-9(12(15)5-11)6-17-13-7-16-4-3-10(13)8-18/h1-5,7,17-18H,6,8H2. The molecular formula is C13H12F2N2O. The molecule has 2 aromatic rings. The lowest BCUT2D eigenvalue weighted by Gasteiger charge is -2.10. The number of hydrogen-bond donors (Lipinski definition) is 2. The van der Waals surface area contributed by atoms with E-state index in [0.717, 1.165) is 6.07 Å². The third kappa shape index (κ3) is 2.81. The molecule has 1 heterocycles. The van der Waals surface area contributed by atoms with E-state index in [1.54, 1.807) is 18.5 Å². The maximum atomic E-state index is 13.4. The maximum Gasteiger partial charge on any atom is 0.131 e. The summed E-state index contributed by atoms with van der Waals surface area (Å²) in [6.45, 7) is 0.0710. The van der Waals surface area contributed by atoms with Crippen molar-refractivity contribution in [3.8, 4) is 0 Å². The van der Waals surface area contributed by atoms with Gasteiger partial charge in [-0.15, -0.1) is 0 Å². The fraction of sp³-hybridized carbons (Fsp3) is 0.154. The van der Waals surface area contributed by atoms with Crippen LogP contribution in [0.4, 0.5) is 14.5 Å². The first kappa shape index (κ1) is 12.4. The number of aliphatic hydroxyl groups excluding tert-OH is 1. The molecule has 0 saturated heterocycles. The highest BCUT2D eigenvalue weighted by Gasteiger charge is 2.05. The molecule has 0 aliphatic rings. The minimum absolute atomic E-state index is 0.128. The van der Waals surface area contributed by atoms with Gasteiger partial charge in [0.25, 0.3) is 0 Å². The molecule has 0 saturated carbocycles. The number of anilines is 1. The summed E-state index contributed by atoms with van der Waals surface area (Å²) < 4.78 is 26.1. The third-order valence-electron chi connectivity index (χ3n) is 2.57. The predicted octanol–water partition coefficient (Wildman–Crippen LogP) is 2.46. The van der Waals surface area contributed by atoms with E-state index in [1.807, 2.05) is 0 Å². The molecular weight excluding hydrogens is 238 g/mol. The summed E-state index contributed by atoms with van der Waals surface area (Å²) in [5.74, 6) is -1.20. The first-order valence-electron chi connectivity index (χ1n) is 5.42. The van der Waals surface area contributed by atoms with Crippen LogP contribution in [0, 0.1) is 11.6 Å². The molecule has 0 aliphatic heterocycles. The summed E-state index contributed by atoms with van der Waals surface area (Å²) in [5.41, 5.74) is 1.65. The molecule has 2 rings (SSSR count). The minimum Gasteiger partial charge on any atom is -0.392 e. The monoisotopic (exact) mass is 250 g/mol. The summed E-state index contributed by atoms with van der Waals surface area (Å²) in [5, 5.41) is 12.1. The van der Waals surface area contributed by atoms with Crippen molar-refractivity contribution in [1.29, 1.82) is 0 Å². The number of aromatic nitrogens is 1. The zero-order valence-electron chi connectivity index (χ0n) is 9.53. The Hall–Kier alpha value is -2.01. The molecule has 94 valence electrons. The van der Waals surface area contributed by atoms with Crippen LogP contribution in [-0.4, -0.2) is 10.1 Å². The van der Waals surface area contributed by atoms with E-state index in [1.165, 1.54) is 12.1 Å². The molecule has 1 aromatic heterocycles. The molecule has 0 bridgehead atoms. The second-order valence-electron chi connectivity index (χ2n) is 3.78. The van der Waals surface area contributed by atoms with E-state index in [-0.39, 0.29) is 13.2 Å². The average Bonchev–Trinajstić information content (AvgIpc) is 2.38. The van der Waals surface area contributed by atoms with Crippen LogP contribution in [0.25, 0.3) is 0 Å². The lowest BCUT2D eigenvalue weighted by atomic mass is 10.2. The minimum atomic E-state index is -0.603. The smallest absolute Gasteiger partial charge is 0.131 e. The summed E-state index contributed by atoms with van der Waals surface area (Å²) >= 11 is 0. The van der Waals surface area contributed by atoms with Crippen LogP contribution in [0.1, 0.15) is 11.1 Å². The number of hydrogen-bond acceptors (Lipinski definition) is 3. The highest BCUT2D eigenvalue weighted by Crippen LogP contribution is 2.16. The summed E-state index contributed by atoms with van der Waals surface area (Å²) in [4.78, 5) is 3.91. The van der Waals surface area contributed by atoms with E-state index < -0.39 is 11.6 Å². The summed E-state index contributed by atoms with van der Waals surface area (Å²) in [6.07, 6.45) is 3.11. The highest BCUT2D eigenvalue weighted by atomic mass is 19.1. The van der Waals surface area contributed by atoms with Crippen molar-refractivity contribution in [2.75, 3.05) is 5.32 Å². The quantitative estimate of drug-likeness (QED) is 0.876. The molecule has 0 atom stereocenters. The number of rotatable bonds is 4. The summed E-state index contributed by atoms with van der Waals surface area (Å²) in [7, 11) is 0. The Bertz CT molecular complexity index is 546. The molecule has 0 radical (unpaired) electrons. The first-order valence-corrected chi connectivity index (χ1v) is 5.42. The molecule has 0 aliphatic carbocycles. The first-order chi connectivity index (χ1) is 8.70. The number of halogens is 2. The zero-order chi connectivity index (χ0) is 13.0. The van der Waals surface area contributed by atoms with E-state index in [9.17, 15) is 8.78 Å². The largest absolute Gasteiger partial charge is 0.392 e. The number of nitrogens with zero attached hydrogens (tertiary/aromatic N) is 1. The van der Waals surface area contributed by atoms with E-state index in [2.05, 4.69) is 10.3 Å². The number of nitrogens with one attached hydrogen (secondary N) is 1. The molecule has 2 N–H and O–H groups in total. The second kappa shape index (κ2) is 5.55. The van der Waals surface area contributed by atoms with Crippen molar-refractivity contribution in [3.05, 3.63) is 59.4 Å². The van der Waals surface area contributed by atoms with E-state index in [0.29, 0.717) is 16.8 Å². The van der Waals surface area contributed by atoms with Crippen LogP contribution < -0.4 is 5.32 Å². The van der Waals surface area contributed by atoms with Crippen LogP contribution in [0.3, 0.4) is 0 Å². The topological polar surface area (TPSA) is 45.2 Å². The number of aliphatic hydroxyl groups is 1. The lowest BCUT2D eigenvalue weighted by molar-refractivity contribution is 0.282. The van der Waals surface area contributed by atoms with Gasteiger partial charge >= 0.3 is 0 Å². The second-order valence-corrected chi connectivity index (χ2v) is 3.78. The number of pyridine rings is 1. The zero-order valence-corrected chi connectivity index (χ0v) is 9.53. The molecule has 1 aromatic carbocycles. The lowest BCUT2D eigenvalue weighted by Crippen LogP contribution is -2.05. The molecule has 0 unspecified atom stereocenters. The van der Waals surface area contributed by atoms with Crippen LogP contribution in [-0.2, 0) is 13.2 Å². The van der Waals surface area contributed by atoms with Gasteiger partial charge in [-0.05, 0) is 12.1 Å². The number of benzene rings is 1. The highest BCUT2D eigenvalue weighted by molar-refractivity contribution is 5.48. The van der Waals surface area contributed by atoms with Gasteiger partial charge in [-0.1, -0.05) is 6.07 Å². The molecule has 5 heteroatoms. The normalized spacial score (nSPS) is 10.4. The van der Waals surface area contributed by atoms with Crippen LogP contribution in [0.5, 0.6) is 0 Å². The molecule has 3 nitrogen and oxygen atoms in total. The van der Waals surface area contributed by atoms with Crippen LogP contribution >= 0.6 is 0 Å². The Morgan fingerprint density at radius 3 is 2.72 bits per heavy atom. The van der Waals surface area contributed by atoms with Crippen molar-refractivity contribution < 1.29 is 13.9 Å². The van der Waals surface area contributed by atoms with E-state index in [4.69, 9.17) is 5.11 Å². The van der Waals surface area contributed by atoms with Crippen molar-refractivity contribution in [3.63, 3.8) is 0 Å². The SMILES string of the molecule is OCc1ccncc1NCc1ccc(F)cc1F. The van der Waals surface area contributed by atoms with Crippen LogP contribution in [0.15, 0.2) is 36.7 Å². The molecule has 0 amide bonds. The Labute approximate surface area is 103 Å². The predicted molar refractivity (Wildman–Crippen MR) is 63.8 cm³/mol. The Balaban J connectivity index is 2.11. The Morgan fingerprint density at radius 2 is 2.00 bits per heavy atom. The fourth-order valence-corrected chi connectivity index (χ4v) is 1.58. The van der Waals surface area contributed by atoms with Gasteiger partial charge in [-0.3, -0.25) is 4.98 Å². The van der Waals surface area contributed by atoms with E-state index >= 15 is 0 Å². The maximum absolute atomic E-state index is 13.4. The molecule has 0 spiro atoms. The van der Waals surface area contributed by atoms with Crippen molar-refractivity contribution >= 4 is 5.69 Å². The third-order valence-corrected chi connectivity index (χ3v) is 2.57. The van der Waals surface area contributed by atoms with Gasteiger partial charge in [-0.25, -0.2) is 8.78 Å². The van der Waals surface area contributed by atoms with Gasteiger partial charge in [0.1, 0.15) is 11.6 Å². The Kier molecular flexibility index (Phi) is 3.84.